The van der Waals surface area contributed by atoms with E-state index in [2.05, 4.69) is 5.32 Å². The molecule has 27 heavy (non-hydrogen) atoms. The van der Waals surface area contributed by atoms with Gasteiger partial charge in [-0.15, -0.1) is 0 Å². The molecule has 1 atom stereocenters. The Bertz CT molecular complexity index is 745. The molecule has 0 aromatic heterocycles. The van der Waals surface area contributed by atoms with Crippen LogP contribution >= 0.6 is 23.2 Å². The third-order valence-electron chi connectivity index (χ3n) is 6.90. The molecule has 0 saturated heterocycles. The van der Waals surface area contributed by atoms with Crippen molar-refractivity contribution >= 4 is 29.1 Å². The predicted molar refractivity (Wildman–Crippen MR) is 100 cm³/mol. The maximum Gasteiger partial charge on any atom is 0.223 e. The summed E-state index contributed by atoms with van der Waals surface area (Å²) in [5.74, 6) is -1.77. The van der Waals surface area contributed by atoms with Crippen LogP contribution in [-0.2, 0) is 4.79 Å². The molecule has 0 heterocycles. The molecule has 2 N–H and O–H groups in total. The lowest BCUT2D eigenvalue weighted by Gasteiger charge is -2.38. The summed E-state index contributed by atoms with van der Waals surface area (Å²) in [5, 5.41) is 12.9. The van der Waals surface area contributed by atoms with Crippen molar-refractivity contribution in [3.63, 3.8) is 0 Å². The minimum Gasteiger partial charge on any atom is -0.505 e. The molecule has 3 aliphatic carbocycles. The summed E-state index contributed by atoms with van der Waals surface area (Å²) in [5.41, 5.74) is -1.89. The largest absolute Gasteiger partial charge is 0.505 e. The van der Waals surface area contributed by atoms with Gasteiger partial charge in [-0.2, -0.15) is 0 Å². The summed E-state index contributed by atoms with van der Waals surface area (Å²) < 4.78 is 29.8. The van der Waals surface area contributed by atoms with Crippen molar-refractivity contribution in [2.24, 2.45) is 11.3 Å². The molecule has 0 radical (unpaired) electrons. The molecule has 2 bridgehead atoms. The van der Waals surface area contributed by atoms with Gasteiger partial charge in [0.2, 0.25) is 5.91 Å². The highest BCUT2D eigenvalue weighted by molar-refractivity contribution is 6.42. The number of nitrogens with one attached hydrogen (secondary N) is 1. The fraction of sp³-hybridized carbons (Fsp3) is 0.650. The predicted octanol–water partition coefficient (Wildman–Crippen LogP) is 5.86. The second kappa shape index (κ2) is 6.77. The Balaban J connectivity index is 1.77. The fourth-order valence-corrected chi connectivity index (χ4v) is 5.87. The van der Waals surface area contributed by atoms with Gasteiger partial charge in [0, 0.05) is 17.5 Å². The fourth-order valence-electron chi connectivity index (χ4n) is 5.41. The lowest BCUT2D eigenvalue weighted by Crippen LogP contribution is -2.42. The van der Waals surface area contributed by atoms with Crippen molar-refractivity contribution in [2.45, 2.75) is 69.5 Å². The van der Waals surface area contributed by atoms with E-state index in [0.29, 0.717) is 25.7 Å². The normalized spacial score (nSPS) is 31.4. The van der Waals surface area contributed by atoms with Gasteiger partial charge >= 0.3 is 0 Å². The summed E-state index contributed by atoms with van der Waals surface area (Å²) in [6, 6.07) is 0.252. The second-order valence-corrected chi connectivity index (χ2v) is 9.32. The number of alkyl halides is 1. The summed E-state index contributed by atoms with van der Waals surface area (Å²) in [6.45, 7) is 0. The zero-order chi connectivity index (χ0) is 19.4. The molecule has 3 aliphatic rings. The van der Waals surface area contributed by atoms with Gasteiger partial charge in [-0.3, -0.25) is 4.79 Å². The van der Waals surface area contributed by atoms with Gasteiger partial charge < -0.3 is 10.4 Å². The van der Waals surface area contributed by atoms with Gasteiger partial charge in [-0.05, 0) is 50.4 Å². The van der Waals surface area contributed by atoms with Crippen LogP contribution < -0.4 is 5.32 Å². The third-order valence-corrected chi connectivity index (χ3v) is 7.70. The maximum absolute atomic E-state index is 15.0. The highest BCUT2D eigenvalue weighted by atomic mass is 35.5. The second-order valence-electron chi connectivity index (χ2n) is 8.53. The van der Waals surface area contributed by atoms with E-state index >= 15 is 0 Å². The molecule has 7 heteroatoms. The van der Waals surface area contributed by atoms with Crippen LogP contribution in [0, 0.1) is 17.2 Å². The van der Waals surface area contributed by atoms with Crippen LogP contribution in [0.3, 0.4) is 0 Å². The number of phenols is 1. The molecule has 1 unspecified atom stereocenters. The van der Waals surface area contributed by atoms with Crippen LogP contribution in [-0.4, -0.2) is 16.7 Å². The smallest absolute Gasteiger partial charge is 0.223 e. The van der Waals surface area contributed by atoms with Crippen molar-refractivity contribution in [1.29, 1.82) is 0 Å². The van der Waals surface area contributed by atoms with Gasteiger partial charge in [0.1, 0.15) is 5.67 Å². The van der Waals surface area contributed by atoms with Crippen LogP contribution in [0.2, 0.25) is 10.0 Å². The van der Waals surface area contributed by atoms with E-state index in [1.165, 1.54) is 0 Å². The SMILES string of the molecule is O=C(NC(c1c(F)c(O)cc(Cl)c1Cl)C12CCC(F)(CC1)C2)C1CCCC1. The van der Waals surface area contributed by atoms with Crippen molar-refractivity contribution in [3.8, 4) is 5.75 Å². The van der Waals surface area contributed by atoms with E-state index < -0.39 is 28.7 Å². The van der Waals surface area contributed by atoms with E-state index in [0.717, 1.165) is 31.7 Å². The van der Waals surface area contributed by atoms with Crippen LogP contribution in [0.15, 0.2) is 6.07 Å². The summed E-state index contributed by atoms with van der Waals surface area (Å²) in [4.78, 5) is 12.9. The molecular weight excluding hydrogens is 395 g/mol. The average molecular weight is 418 g/mol. The number of carbonyl (C=O) groups excluding carboxylic acids is 1. The first-order valence-electron chi connectivity index (χ1n) is 9.60. The maximum atomic E-state index is 15.0. The third kappa shape index (κ3) is 3.21. The van der Waals surface area contributed by atoms with E-state index in [1.54, 1.807) is 0 Å². The van der Waals surface area contributed by atoms with Crippen LogP contribution in [0.1, 0.15) is 69.4 Å². The zero-order valence-corrected chi connectivity index (χ0v) is 16.5. The van der Waals surface area contributed by atoms with Crippen molar-refractivity contribution in [1.82, 2.24) is 5.32 Å². The number of amides is 1. The number of fused-ring (bicyclic) bond motifs is 2. The Hall–Kier alpha value is -1.07. The zero-order valence-electron chi connectivity index (χ0n) is 15.0. The number of rotatable bonds is 4. The molecule has 3 nitrogen and oxygen atoms in total. The number of halogens is 4. The Morgan fingerprint density at radius 1 is 1.22 bits per heavy atom. The van der Waals surface area contributed by atoms with Gasteiger partial charge in [0.25, 0.3) is 0 Å². The average Bonchev–Trinajstić information content (AvgIpc) is 3.34. The molecule has 0 aliphatic heterocycles. The van der Waals surface area contributed by atoms with Crippen LogP contribution in [0.5, 0.6) is 5.75 Å². The highest BCUT2D eigenvalue weighted by Gasteiger charge is 2.59. The van der Waals surface area contributed by atoms with Gasteiger partial charge in [-0.1, -0.05) is 36.0 Å². The van der Waals surface area contributed by atoms with E-state index in [1.807, 2.05) is 0 Å². The van der Waals surface area contributed by atoms with Crippen molar-refractivity contribution in [2.75, 3.05) is 0 Å². The van der Waals surface area contributed by atoms with E-state index in [-0.39, 0.29) is 33.9 Å². The molecule has 1 aromatic rings. The number of hydrogen-bond donors (Lipinski definition) is 2. The van der Waals surface area contributed by atoms with Gasteiger partial charge in [0.15, 0.2) is 11.6 Å². The minimum absolute atomic E-state index is 0.0147. The molecule has 3 saturated carbocycles. The molecule has 4 rings (SSSR count). The van der Waals surface area contributed by atoms with Crippen molar-refractivity contribution < 1.29 is 18.7 Å². The first-order valence-corrected chi connectivity index (χ1v) is 10.4. The highest BCUT2D eigenvalue weighted by Crippen LogP contribution is 2.64. The van der Waals surface area contributed by atoms with Gasteiger partial charge in [-0.25, -0.2) is 8.78 Å². The Morgan fingerprint density at radius 3 is 2.41 bits per heavy atom. The number of aromatic hydroxyl groups is 1. The Morgan fingerprint density at radius 2 is 1.85 bits per heavy atom. The number of benzene rings is 1. The minimum atomic E-state index is -1.26. The topological polar surface area (TPSA) is 49.3 Å². The summed E-state index contributed by atoms with van der Waals surface area (Å²) in [6.07, 6.45) is 5.74. The molecule has 148 valence electrons. The number of phenolic OH excluding ortho intramolecular Hbond substituents is 1. The number of carbonyl (C=O) groups is 1. The standard InChI is InChI=1S/C20H23Cl2F2NO2/c21-12-9-13(26)16(23)14(15(12)22)17(25-18(27)11-3-1-2-4-11)19-5-7-20(24,10-19)8-6-19/h9,11,17,26H,1-8,10H2,(H,25,27). The lowest BCUT2D eigenvalue weighted by atomic mass is 9.74. The van der Waals surface area contributed by atoms with E-state index in [9.17, 15) is 18.7 Å². The quantitative estimate of drug-likeness (QED) is 0.602. The molecule has 3 fully saturated rings. The first-order chi connectivity index (χ1) is 12.7. The molecular formula is C20H23Cl2F2NO2. The van der Waals surface area contributed by atoms with E-state index in [4.69, 9.17) is 23.2 Å². The van der Waals surface area contributed by atoms with Gasteiger partial charge in [0.05, 0.1) is 16.1 Å². The lowest BCUT2D eigenvalue weighted by molar-refractivity contribution is -0.126. The molecule has 1 amide bonds. The Labute approximate surface area is 167 Å². The monoisotopic (exact) mass is 417 g/mol. The van der Waals surface area contributed by atoms with Crippen molar-refractivity contribution in [3.05, 3.63) is 27.5 Å². The van der Waals surface area contributed by atoms with Crippen LogP contribution in [0.4, 0.5) is 8.78 Å². The molecule has 1 aromatic carbocycles. The molecule has 0 spiro atoms. The summed E-state index contributed by atoms with van der Waals surface area (Å²) in [7, 11) is 0. The Kier molecular flexibility index (Phi) is 4.83. The summed E-state index contributed by atoms with van der Waals surface area (Å²) >= 11 is 12.4. The number of hydrogen-bond acceptors (Lipinski definition) is 2. The first kappa shape index (κ1) is 19.3. The van der Waals surface area contributed by atoms with Crippen LogP contribution in [0.25, 0.3) is 0 Å².